The van der Waals surface area contributed by atoms with Crippen LogP contribution in [0.5, 0.6) is 5.75 Å². The van der Waals surface area contributed by atoms with E-state index in [0.29, 0.717) is 23.1 Å². The van der Waals surface area contributed by atoms with E-state index in [0.717, 1.165) is 21.9 Å². The number of amides is 9. The molecular formula is C74H94N16O13. The number of hydrogen-bond acceptors (Lipinski definition) is 15. The summed E-state index contributed by atoms with van der Waals surface area (Å²) in [6, 6.07) is 33.4. The van der Waals surface area contributed by atoms with E-state index in [-0.39, 0.29) is 108 Å². The molecular weight excluding hydrogens is 1320 g/mol. The van der Waals surface area contributed by atoms with Crippen LogP contribution >= 0.6 is 0 Å². The lowest BCUT2D eigenvalue weighted by molar-refractivity contribution is -0.144. The monoisotopic (exact) mass is 1410 g/mol. The summed E-state index contributed by atoms with van der Waals surface area (Å²) in [5, 5.41) is 57.9. The Hall–Kier alpha value is -11.5. The van der Waals surface area contributed by atoms with Crippen molar-refractivity contribution < 1.29 is 63.3 Å². The van der Waals surface area contributed by atoms with Crippen LogP contribution in [-0.2, 0) is 80.0 Å². The molecule has 20 N–H and O–H groups in total. The third-order valence-electron chi connectivity index (χ3n) is 17.3. The van der Waals surface area contributed by atoms with Crippen molar-refractivity contribution >= 4 is 81.8 Å². The summed E-state index contributed by atoms with van der Waals surface area (Å²) >= 11 is 0. The average Bonchev–Trinajstić information content (AvgIpc) is 1.79. The summed E-state index contributed by atoms with van der Waals surface area (Å²) in [6.45, 7) is 1.74. The first-order chi connectivity index (χ1) is 49.4. The van der Waals surface area contributed by atoms with Gasteiger partial charge in [-0.2, -0.15) is 0 Å². The van der Waals surface area contributed by atoms with Gasteiger partial charge in [0.25, 0.3) is 0 Å². The Kier molecular flexibility index (Phi) is 30.7. The number of aliphatic imine (C=N–C) groups is 2. The SMILES string of the molecule is CC(=O)N[C@@H](Cc1ccc2ccccc2c1)C(=O)N[C@H](CN[C@@H](Cc1ccccc1)C(=O)N[C@@H](CO)C(=O)N[C@@H](Cc1ccc(O)cc1)C(=O)N[C@@H](CCCN=C(N)N)C(=O)N[C@@H](Cc1ccccc1)C(=O)N[C@@H](CCCN=C(N)N)C(=O)N1CCC[C@@H]1C(=O)N[C@@H](C)C(=O)O)Cc1ccccc1. The van der Waals surface area contributed by atoms with Crippen LogP contribution in [0.4, 0.5) is 0 Å². The molecule has 9 amide bonds. The number of phenols is 1. The van der Waals surface area contributed by atoms with Crippen molar-refractivity contribution in [1.82, 2.24) is 52.8 Å². The van der Waals surface area contributed by atoms with Gasteiger partial charge in [-0.05, 0) is 109 Å². The van der Waals surface area contributed by atoms with Gasteiger partial charge in [-0.1, -0.05) is 146 Å². The van der Waals surface area contributed by atoms with E-state index in [4.69, 9.17) is 22.9 Å². The molecule has 0 radical (unpaired) electrons. The first-order valence-corrected chi connectivity index (χ1v) is 34.2. The molecule has 6 aromatic rings. The minimum absolute atomic E-state index is 0.0156. The number of aliphatic carboxylic acids is 1. The third kappa shape index (κ3) is 25.9. The van der Waals surface area contributed by atoms with E-state index < -0.39 is 126 Å². The molecule has 1 saturated heterocycles. The van der Waals surface area contributed by atoms with Crippen LogP contribution in [-0.4, -0.2) is 184 Å². The van der Waals surface area contributed by atoms with E-state index >= 15 is 0 Å². The molecule has 0 saturated carbocycles. The molecule has 10 atom stereocenters. The second kappa shape index (κ2) is 40.1. The molecule has 29 nitrogen and oxygen atoms in total. The van der Waals surface area contributed by atoms with Crippen LogP contribution in [0.1, 0.15) is 80.2 Å². The number of benzene rings is 6. The fourth-order valence-electron chi connectivity index (χ4n) is 11.9. The van der Waals surface area contributed by atoms with Gasteiger partial charge in [0, 0.05) is 58.4 Å². The van der Waals surface area contributed by atoms with Crippen LogP contribution < -0.4 is 70.8 Å². The van der Waals surface area contributed by atoms with Crippen molar-refractivity contribution in [2.24, 2.45) is 32.9 Å². The molecule has 0 aromatic heterocycles. The molecule has 1 fully saturated rings. The normalized spacial score (nSPS) is 15.1. The molecule has 29 heteroatoms. The van der Waals surface area contributed by atoms with E-state index in [9.17, 15) is 63.3 Å². The number of guanidine groups is 2. The number of nitrogens with one attached hydrogen (secondary N) is 9. The predicted molar refractivity (Wildman–Crippen MR) is 388 cm³/mol. The largest absolute Gasteiger partial charge is 0.508 e. The molecule has 0 unspecified atom stereocenters. The minimum Gasteiger partial charge on any atom is -0.508 e. The molecule has 0 bridgehead atoms. The van der Waals surface area contributed by atoms with Crippen molar-refractivity contribution in [3.8, 4) is 5.75 Å². The van der Waals surface area contributed by atoms with Crippen LogP contribution in [0.25, 0.3) is 10.8 Å². The zero-order valence-electron chi connectivity index (χ0n) is 57.7. The maximum atomic E-state index is 15.0. The quantitative estimate of drug-likeness (QED) is 0.0138. The summed E-state index contributed by atoms with van der Waals surface area (Å²) in [5.74, 6) is -8.63. The number of carbonyl (C=O) groups excluding carboxylic acids is 9. The Morgan fingerprint density at radius 3 is 1.46 bits per heavy atom. The summed E-state index contributed by atoms with van der Waals surface area (Å²) in [7, 11) is 0. The Morgan fingerprint density at radius 2 is 0.913 bits per heavy atom. The summed E-state index contributed by atoms with van der Waals surface area (Å²) < 4.78 is 0. The van der Waals surface area contributed by atoms with E-state index in [2.05, 4.69) is 57.8 Å². The lowest BCUT2D eigenvalue weighted by Gasteiger charge is -2.30. The van der Waals surface area contributed by atoms with Crippen molar-refractivity contribution in [2.45, 2.75) is 145 Å². The van der Waals surface area contributed by atoms with Crippen LogP contribution in [0.15, 0.2) is 168 Å². The van der Waals surface area contributed by atoms with E-state index in [1.165, 1.54) is 43.0 Å². The van der Waals surface area contributed by atoms with Gasteiger partial charge in [-0.15, -0.1) is 0 Å². The number of aliphatic hydroxyl groups is 1. The highest BCUT2D eigenvalue weighted by atomic mass is 16.4. The lowest BCUT2D eigenvalue weighted by Crippen LogP contribution is -2.61. The Balaban J connectivity index is 1.13. The number of carboxylic acid groups (broad SMARTS) is 1. The molecule has 1 heterocycles. The fraction of sp³-hybridized carbons (Fsp3) is 0.378. The number of nitrogens with two attached hydrogens (primary N) is 4. The topological polar surface area (TPSA) is 472 Å². The Morgan fingerprint density at radius 1 is 0.485 bits per heavy atom. The van der Waals surface area contributed by atoms with Gasteiger partial charge in [0.15, 0.2) is 11.9 Å². The maximum Gasteiger partial charge on any atom is 0.325 e. The van der Waals surface area contributed by atoms with Crippen LogP contribution in [0.2, 0.25) is 0 Å². The van der Waals surface area contributed by atoms with Crippen molar-refractivity contribution in [2.75, 3.05) is 32.8 Å². The van der Waals surface area contributed by atoms with Gasteiger partial charge >= 0.3 is 5.97 Å². The number of fused-ring (bicyclic) bond motifs is 1. The number of phenolic OH excluding ortho intramolecular Hbond substituents is 1. The second-order valence-electron chi connectivity index (χ2n) is 25.4. The van der Waals surface area contributed by atoms with E-state index in [1.54, 1.807) is 60.7 Å². The zero-order valence-corrected chi connectivity index (χ0v) is 57.7. The number of aliphatic hydroxyl groups excluding tert-OH is 1. The summed E-state index contributed by atoms with van der Waals surface area (Å²) in [4.78, 5) is 150. The molecule has 0 spiro atoms. The summed E-state index contributed by atoms with van der Waals surface area (Å²) in [5.41, 5.74) is 25.8. The molecule has 6 aromatic carbocycles. The number of carboxylic acids is 1. The Bertz CT molecular complexity index is 3900. The second-order valence-corrected chi connectivity index (χ2v) is 25.4. The van der Waals surface area contributed by atoms with Gasteiger partial charge in [0.05, 0.1) is 12.6 Å². The van der Waals surface area contributed by atoms with Crippen LogP contribution in [0, 0.1) is 0 Å². The van der Waals surface area contributed by atoms with Crippen LogP contribution in [0.3, 0.4) is 0 Å². The van der Waals surface area contributed by atoms with Gasteiger partial charge in [-0.3, -0.25) is 57.9 Å². The number of hydrogen-bond donors (Lipinski definition) is 16. The smallest absolute Gasteiger partial charge is 0.325 e. The van der Waals surface area contributed by atoms with E-state index in [1.807, 2.05) is 72.8 Å². The van der Waals surface area contributed by atoms with Gasteiger partial charge < -0.3 is 91.0 Å². The van der Waals surface area contributed by atoms with Gasteiger partial charge in [0.2, 0.25) is 53.2 Å². The lowest BCUT2D eigenvalue weighted by atomic mass is 10.00. The van der Waals surface area contributed by atoms with Crippen molar-refractivity contribution in [3.05, 3.63) is 186 Å². The molecule has 103 heavy (non-hydrogen) atoms. The zero-order chi connectivity index (χ0) is 74.4. The standard InChI is InChI=1S/C74H94N16O13/c1-45(72(102)103)82-70(100)63-27-16-36-90(63)71(101)57(26-15-35-80-74(77)78)86-68(98)60(40-49-21-10-5-11-22-49)87-64(94)56(25-14-34-79-73(75)76)85-67(97)61(41-50-29-32-55(93)33-30-50)88-69(99)62(44-91)89-65(95)58(39-48-19-8-4-9-20-48)81-43-54(38-47-17-6-3-7-18-47)84-66(96)59(83-46(2)92)42-51-28-31-52-23-12-13-24-53(52)37-51/h3-13,17-24,28-33,37,45,54,56-63,81,91,93H,14-16,25-27,34-36,38-44H2,1-2H3,(H,82,100)(H,83,92)(H,84,96)(H,85,97)(H,86,98)(H,87,94)(H,88,99)(H,89,95)(H,102,103)(H4,75,76,79)(H4,77,78,80)/t45-,54-,56-,57-,58-,59-,60-,61-,62-,63+/m0/s1. The number of likely N-dealkylation sites (tertiary alicyclic amines) is 1. The van der Waals surface area contributed by atoms with Crippen molar-refractivity contribution in [1.29, 1.82) is 0 Å². The number of carbonyl (C=O) groups is 10. The molecule has 1 aliphatic rings. The third-order valence-corrected chi connectivity index (χ3v) is 17.3. The number of aromatic hydroxyl groups is 1. The van der Waals surface area contributed by atoms with Crippen molar-refractivity contribution in [3.63, 3.8) is 0 Å². The highest BCUT2D eigenvalue weighted by Crippen LogP contribution is 2.22. The number of rotatable bonds is 39. The minimum atomic E-state index is -1.71. The highest BCUT2D eigenvalue weighted by Gasteiger charge is 2.40. The Labute approximate surface area is 597 Å². The predicted octanol–water partition coefficient (Wildman–Crippen LogP) is 0.110. The van der Waals surface area contributed by atoms with Gasteiger partial charge in [0.1, 0.15) is 54.1 Å². The maximum absolute atomic E-state index is 15.0. The average molecular weight is 1420 g/mol. The molecule has 1 aliphatic heterocycles. The molecule has 7 rings (SSSR count). The summed E-state index contributed by atoms with van der Waals surface area (Å²) in [6.07, 6.45) is 0.668. The first kappa shape index (κ1) is 78.9. The number of nitrogens with zero attached hydrogens (tertiary/aromatic N) is 3. The molecule has 0 aliphatic carbocycles. The molecule has 548 valence electrons. The first-order valence-electron chi connectivity index (χ1n) is 34.2. The fourth-order valence-corrected chi connectivity index (χ4v) is 11.9. The highest BCUT2D eigenvalue weighted by molar-refractivity contribution is 5.98. The van der Waals surface area contributed by atoms with Gasteiger partial charge in [-0.25, -0.2) is 0 Å².